The largest absolute Gasteiger partial charge is 0.353 e. The maximum absolute atomic E-state index is 12.7. The Bertz CT molecular complexity index is 501. The van der Waals surface area contributed by atoms with Crippen molar-refractivity contribution in [1.29, 1.82) is 0 Å². The molecule has 2 fully saturated rings. The minimum Gasteiger partial charge on any atom is -0.353 e. The number of piperidine rings is 1. The average Bonchev–Trinajstić information content (AvgIpc) is 2.86. The van der Waals surface area contributed by atoms with E-state index in [9.17, 15) is 4.79 Å². The van der Waals surface area contributed by atoms with Gasteiger partial charge in [-0.2, -0.15) is 0 Å². The second kappa shape index (κ2) is 6.82. The summed E-state index contributed by atoms with van der Waals surface area (Å²) in [5.41, 5.74) is 1.28. The highest BCUT2D eigenvalue weighted by molar-refractivity contribution is 5.80. The molecule has 2 aliphatic heterocycles. The monoisotopic (exact) mass is 300 g/mol. The first-order valence-electron chi connectivity index (χ1n) is 8.75. The van der Waals surface area contributed by atoms with Gasteiger partial charge in [0.1, 0.15) is 0 Å². The third-order valence-electron chi connectivity index (χ3n) is 5.41. The van der Waals surface area contributed by atoms with Gasteiger partial charge >= 0.3 is 0 Å². The van der Waals surface area contributed by atoms with Crippen LogP contribution >= 0.6 is 0 Å². The van der Waals surface area contributed by atoms with Gasteiger partial charge in [-0.25, -0.2) is 0 Å². The number of carbonyl (C=O) groups excluding carboxylic acids is 1. The van der Waals surface area contributed by atoms with Crippen LogP contribution in [0, 0.1) is 5.92 Å². The van der Waals surface area contributed by atoms with Crippen LogP contribution in [0.5, 0.6) is 0 Å². The lowest BCUT2D eigenvalue weighted by atomic mass is 9.96. The van der Waals surface area contributed by atoms with Gasteiger partial charge in [-0.05, 0) is 51.6 Å². The quantitative estimate of drug-likeness (QED) is 0.927. The van der Waals surface area contributed by atoms with E-state index in [1.54, 1.807) is 0 Å². The first kappa shape index (κ1) is 15.5. The van der Waals surface area contributed by atoms with E-state index in [1.807, 2.05) is 6.07 Å². The topological polar surface area (TPSA) is 32.3 Å². The highest BCUT2D eigenvalue weighted by atomic mass is 16.2. The molecule has 1 aromatic carbocycles. The highest BCUT2D eigenvalue weighted by Crippen LogP contribution is 2.35. The molecule has 0 aliphatic carbocycles. The summed E-state index contributed by atoms with van der Waals surface area (Å²) >= 11 is 0. The van der Waals surface area contributed by atoms with Crippen LogP contribution in [0.4, 0.5) is 0 Å². The van der Waals surface area contributed by atoms with Gasteiger partial charge in [0.2, 0.25) is 5.91 Å². The van der Waals surface area contributed by atoms with Crippen LogP contribution in [-0.2, 0) is 11.2 Å². The lowest BCUT2D eigenvalue weighted by Gasteiger charge is -2.32. The third-order valence-corrected chi connectivity index (χ3v) is 5.41. The van der Waals surface area contributed by atoms with Crippen LogP contribution in [-0.4, -0.2) is 35.5 Å². The molecule has 1 aromatic rings. The Balaban J connectivity index is 1.55. The first-order valence-corrected chi connectivity index (χ1v) is 8.75. The van der Waals surface area contributed by atoms with Crippen molar-refractivity contribution < 1.29 is 4.79 Å². The molecule has 3 nitrogen and oxygen atoms in total. The standard InChI is InChI=1S/C19H28N2O/c1-14(12-16-8-4-3-5-9-16)20-19(22)18-13-17-10-6-7-11-21(17)15(18)2/h3-5,8-9,14-15,17-18H,6-7,10-13H2,1-2H3,(H,20,22)/t14-,15+,17+,18+/m0/s1. The van der Waals surface area contributed by atoms with Crippen molar-refractivity contribution >= 4 is 5.91 Å². The van der Waals surface area contributed by atoms with Crippen molar-refractivity contribution in [1.82, 2.24) is 10.2 Å². The van der Waals surface area contributed by atoms with Crippen LogP contribution in [0.25, 0.3) is 0 Å². The Labute approximate surface area is 134 Å². The van der Waals surface area contributed by atoms with Crippen molar-refractivity contribution in [2.24, 2.45) is 5.92 Å². The number of hydrogen-bond donors (Lipinski definition) is 1. The number of fused-ring (bicyclic) bond motifs is 1. The molecule has 3 heteroatoms. The van der Waals surface area contributed by atoms with Crippen LogP contribution in [0.3, 0.4) is 0 Å². The van der Waals surface area contributed by atoms with Crippen LogP contribution in [0.1, 0.15) is 45.1 Å². The van der Waals surface area contributed by atoms with Crippen molar-refractivity contribution in [3.05, 3.63) is 35.9 Å². The predicted molar refractivity (Wildman–Crippen MR) is 89.7 cm³/mol. The second-order valence-corrected chi connectivity index (χ2v) is 7.07. The molecule has 1 amide bonds. The molecular formula is C19H28N2O. The van der Waals surface area contributed by atoms with E-state index in [2.05, 4.69) is 48.3 Å². The minimum atomic E-state index is 0.168. The molecule has 3 rings (SSSR count). The van der Waals surface area contributed by atoms with E-state index < -0.39 is 0 Å². The molecular weight excluding hydrogens is 272 g/mol. The maximum atomic E-state index is 12.7. The van der Waals surface area contributed by atoms with Gasteiger partial charge in [0, 0.05) is 18.1 Å². The Morgan fingerprint density at radius 3 is 2.82 bits per heavy atom. The van der Waals surface area contributed by atoms with Gasteiger partial charge in [0.15, 0.2) is 0 Å². The zero-order valence-corrected chi connectivity index (χ0v) is 13.8. The fourth-order valence-corrected chi connectivity index (χ4v) is 4.23. The Kier molecular flexibility index (Phi) is 4.82. The zero-order valence-electron chi connectivity index (χ0n) is 13.8. The number of nitrogens with one attached hydrogen (secondary N) is 1. The summed E-state index contributed by atoms with van der Waals surface area (Å²) in [6.07, 6.45) is 5.84. The molecule has 0 saturated carbocycles. The molecule has 2 saturated heterocycles. The van der Waals surface area contributed by atoms with Gasteiger partial charge in [-0.15, -0.1) is 0 Å². The van der Waals surface area contributed by atoms with Crippen LogP contribution in [0.15, 0.2) is 30.3 Å². The van der Waals surface area contributed by atoms with Gasteiger partial charge < -0.3 is 5.32 Å². The van der Waals surface area contributed by atoms with E-state index in [0.29, 0.717) is 12.1 Å². The fraction of sp³-hybridized carbons (Fsp3) is 0.632. The number of carbonyl (C=O) groups is 1. The van der Waals surface area contributed by atoms with E-state index in [0.717, 1.165) is 12.8 Å². The van der Waals surface area contributed by atoms with Crippen LogP contribution < -0.4 is 5.32 Å². The molecule has 2 heterocycles. The van der Waals surface area contributed by atoms with Crippen molar-refractivity contribution in [2.45, 2.75) is 64.1 Å². The average molecular weight is 300 g/mol. The molecule has 0 radical (unpaired) electrons. The molecule has 0 bridgehead atoms. The number of benzene rings is 1. The summed E-state index contributed by atoms with van der Waals surface area (Å²) in [7, 11) is 0. The van der Waals surface area contributed by atoms with Crippen molar-refractivity contribution in [3.63, 3.8) is 0 Å². The van der Waals surface area contributed by atoms with Gasteiger partial charge in [-0.1, -0.05) is 36.8 Å². The highest BCUT2D eigenvalue weighted by Gasteiger charge is 2.42. The lowest BCUT2D eigenvalue weighted by Crippen LogP contribution is -2.44. The zero-order chi connectivity index (χ0) is 15.5. The summed E-state index contributed by atoms with van der Waals surface area (Å²) in [4.78, 5) is 15.2. The van der Waals surface area contributed by atoms with E-state index in [1.165, 1.54) is 31.4 Å². The molecule has 22 heavy (non-hydrogen) atoms. The minimum absolute atomic E-state index is 0.168. The van der Waals surface area contributed by atoms with Gasteiger partial charge in [-0.3, -0.25) is 9.69 Å². The normalized spacial score (nSPS) is 29.8. The summed E-state index contributed by atoms with van der Waals surface area (Å²) in [5.74, 6) is 0.423. The van der Waals surface area contributed by atoms with E-state index in [-0.39, 0.29) is 17.9 Å². The number of hydrogen-bond acceptors (Lipinski definition) is 2. The summed E-state index contributed by atoms with van der Waals surface area (Å²) in [6.45, 7) is 5.52. The molecule has 0 unspecified atom stereocenters. The molecule has 2 aliphatic rings. The van der Waals surface area contributed by atoms with Crippen molar-refractivity contribution in [3.8, 4) is 0 Å². The third kappa shape index (κ3) is 3.35. The molecule has 0 aromatic heterocycles. The molecule has 0 spiro atoms. The smallest absolute Gasteiger partial charge is 0.224 e. The van der Waals surface area contributed by atoms with Gasteiger partial charge in [0.25, 0.3) is 0 Å². The van der Waals surface area contributed by atoms with E-state index in [4.69, 9.17) is 0 Å². The lowest BCUT2D eigenvalue weighted by molar-refractivity contribution is -0.126. The Morgan fingerprint density at radius 1 is 1.32 bits per heavy atom. The summed E-state index contributed by atoms with van der Waals surface area (Å²) in [5, 5.41) is 3.24. The summed E-state index contributed by atoms with van der Waals surface area (Å²) in [6, 6.07) is 11.6. The predicted octanol–water partition coefficient (Wildman–Crippen LogP) is 3.00. The maximum Gasteiger partial charge on any atom is 0.224 e. The van der Waals surface area contributed by atoms with E-state index >= 15 is 0 Å². The molecule has 120 valence electrons. The SMILES string of the molecule is C[C@@H]1[C@H](C(=O)N[C@@H](C)Cc2ccccc2)C[C@H]2CCCCN21. The van der Waals surface area contributed by atoms with Gasteiger partial charge in [0.05, 0.1) is 5.92 Å². The van der Waals surface area contributed by atoms with Crippen molar-refractivity contribution in [2.75, 3.05) is 6.54 Å². The fourth-order valence-electron chi connectivity index (χ4n) is 4.23. The Hall–Kier alpha value is -1.35. The number of nitrogens with zero attached hydrogens (tertiary/aromatic N) is 1. The molecule has 1 N–H and O–H groups in total. The molecule has 4 atom stereocenters. The first-order chi connectivity index (χ1) is 10.6. The number of amides is 1. The Morgan fingerprint density at radius 2 is 2.09 bits per heavy atom. The summed E-state index contributed by atoms with van der Waals surface area (Å²) < 4.78 is 0. The second-order valence-electron chi connectivity index (χ2n) is 7.07. The van der Waals surface area contributed by atoms with Crippen LogP contribution in [0.2, 0.25) is 0 Å². The number of rotatable bonds is 4.